The van der Waals surface area contributed by atoms with Crippen molar-refractivity contribution in [1.82, 2.24) is 9.88 Å². The van der Waals surface area contributed by atoms with E-state index in [2.05, 4.69) is 4.98 Å². The number of para-hydroxylation sites is 1. The van der Waals surface area contributed by atoms with Crippen LogP contribution in [0.1, 0.15) is 16.4 Å². The molecule has 2 fully saturated rings. The Bertz CT molecular complexity index is 1560. The minimum atomic E-state index is -0.869. The average Bonchev–Trinajstić information content (AvgIpc) is 3.46. The summed E-state index contributed by atoms with van der Waals surface area (Å²) in [6.45, 7) is 1.65. The Morgan fingerprint density at radius 2 is 1.80 bits per heavy atom. The van der Waals surface area contributed by atoms with Gasteiger partial charge in [0.2, 0.25) is 11.8 Å². The molecule has 1 N–H and O–H groups in total. The molecule has 2 unspecified atom stereocenters. The molecular weight excluding hydrogens is 560 g/mol. The summed E-state index contributed by atoms with van der Waals surface area (Å²) in [6, 6.07) is 12.2. The Morgan fingerprint density at radius 1 is 1.07 bits per heavy atom. The van der Waals surface area contributed by atoms with Gasteiger partial charge >= 0.3 is 4.87 Å². The number of thiazole rings is 1. The van der Waals surface area contributed by atoms with Crippen LogP contribution >= 0.6 is 23.1 Å². The van der Waals surface area contributed by atoms with E-state index in [-0.39, 0.29) is 28.8 Å². The molecule has 14 heteroatoms. The van der Waals surface area contributed by atoms with E-state index in [9.17, 15) is 29.3 Å². The van der Waals surface area contributed by atoms with E-state index in [1.165, 1.54) is 24.3 Å². The number of nitro groups is 1. The zero-order valence-corrected chi connectivity index (χ0v) is 22.4. The fourth-order valence-electron chi connectivity index (χ4n) is 5.24. The molecule has 0 saturated carbocycles. The van der Waals surface area contributed by atoms with Gasteiger partial charge in [-0.25, -0.2) is 4.90 Å². The highest BCUT2D eigenvalue weighted by molar-refractivity contribution is 8.00. The molecular formula is C26H22N4O8S2. The highest BCUT2D eigenvalue weighted by Crippen LogP contribution is 2.54. The molecule has 206 valence electrons. The maximum Gasteiger partial charge on any atom is 0.305 e. The van der Waals surface area contributed by atoms with Gasteiger partial charge in [-0.1, -0.05) is 41.3 Å². The van der Waals surface area contributed by atoms with E-state index < -0.39 is 33.8 Å². The Hall–Kier alpha value is -4.01. The fourth-order valence-corrected chi connectivity index (χ4v) is 7.75. The van der Waals surface area contributed by atoms with Gasteiger partial charge in [0.1, 0.15) is 11.0 Å². The number of benzene rings is 2. The van der Waals surface area contributed by atoms with Crippen LogP contribution in [0.4, 0.5) is 11.4 Å². The van der Waals surface area contributed by atoms with Crippen molar-refractivity contribution in [2.24, 2.45) is 5.92 Å². The Balaban J connectivity index is 1.35. The third-order valence-corrected chi connectivity index (χ3v) is 9.51. The summed E-state index contributed by atoms with van der Waals surface area (Å²) in [5.74, 6) is -2.34. The number of imide groups is 1. The molecule has 4 heterocycles. The van der Waals surface area contributed by atoms with Gasteiger partial charge in [0.15, 0.2) is 6.61 Å². The highest BCUT2D eigenvalue weighted by atomic mass is 32.2. The highest BCUT2D eigenvalue weighted by Gasteiger charge is 2.56. The molecule has 3 atom stereocenters. The van der Waals surface area contributed by atoms with Crippen LogP contribution in [0.5, 0.6) is 5.75 Å². The number of fused-ring (bicyclic) bond motifs is 2. The SMILES string of the molecule is O=C(COc1ccccc1[C@H]1c2sc(=O)[nH]c2SC2C(=O)N(c3ccc([N+](=O)[O-])cc3)C(=O)C21)N1CCOCC1. The monoisotopic (exact) mass is 582 g/mol. The molecule has 1 aromatic heterocycles. The largest absolute Gasteiger partial charge is 0.483 e. The Labute approximate surface area is 235 Å². The maximum absolute atomic E-state index is 13.9. The van der Waals surface area contributed by atoms with Crippen molar-refractivity contribution in [3.63, 3.8) is 0 Å². The first kappa shape index (κ1) is 26.2. The molecule has 0 spiro atoms. The number of nitrogens with zero attached hydrogens (tertiary/aromatic N) is 3. The summed E-state index contributed by atoms with van der Waals surface area (Å²) < 4.78 is 11.3. The fraction of sp³-hybridized carbons (Fsp3) is 0.308. The maximum atomic E-state index is 13.9. The lowest BCUT2D eigenvalue weighted by atomic mass is 9.82. The minimum Gasteiger partial charge on any atom is -0.483 e. The van der Waals surface area contributed by atoms with Crippen LogP contribution in [0.3, 0.4) is 0 Å². The number of hydrogen-bond acceptors (Lipinski definition) is 10. The number of morpholine rings is 1. The molecule has 2 aromatic carbocycles. The normalized spacial score (nSPS) is 22.1. The lowest BCUT2D eigenvalue weighted by molar-refractivity contribution is -0.384. The number of thioether (sulfide) groups is 1. The molecule has 0 bridgehead atoms. The first-order valence-electron chi connectivity index (χ1n) is 12.4. The predicted octanol–water partition coefficient (Wildman–Crippen LogP) is 2.38. The number of aromatic amines is 1. The van der Waals surface area contributed by atoms with Crippen LogP contribution in [0.25, 0.3) is 0 Å². The van der Waals surface area contributed by atoms with Gasteiger partial charge in [0.25, 0.3) is 11.6 Å². The molecule has 6 rings (SSSR count). The van der Waals surface area contributed by atoms with Gasteiger partial charge in [0, 0.05) is 41.6 Å². The van der Waals surface area contributed by atoms with Gasteiger partial charge < -0.3 is 19.4 Å². The smallest absolute Gasteiger partial charge is 0.305 e. The number of anilines is 1. The third kappa shape index (κ3) is 4.57. The summed E-state index contributed by atoms with van der Waals surface area (Å²) in [4.78, 5) is 69.0. The number of carbonyl (C=O) groups is 3. The lowest BCUT2D eigenvalue weighted by Gasteiger charge is -2.31. The Kier molecular flexibility index (Phi) is 6.90. The van der Waals surface area contributed by atoms with E-state index in [0.717, 1.165) is 28.0 Å². The van der Waals surface area contributed by atoms with Gasteiger partial charge in [0.05, 0.1) is 34.8 Å². The van der Waals surface area contributed by atoms with Crippen molar-refractivity contribution in [1.29, 1.82) is 0 Å². The van der Waals surface area contributed by atoms with Gasteiger partial charge in [-0.15, -0.1) is 0 Å². The van der Waals surface area contributed by atoms with Crippen molar-refractivity contribution >= 4 is 52.2 Å². The molecule has 0 aliphatic carbocycles. The molecule has 3 aliphatic rings. The number of non-ortho nitro benzene ring substituents is 1. The van der Waals surface area contributed by atoms with E-state index >= 15 is 0 Å². The summed E-state index contributed by atoms with van der Waals surface area (Å²) >= 11 is 2.10. The van der Waals surface area contributed by atoms with Crippen LogP contribution in [0.15, 0.2) is 58.4 Å². The second kappa shape index (κ2) is 10.5. The van der Waals surface area contributed by atoms with E-state index in [1.807, 2.05) is 0 Å². The van der Waals surface area contributed by atoms with Gasteiger partial charge in [-0.2, -0.15) is 0 Å². The number of hydrogen-bond donors (Lipinski definition) is 1. The number of nitrogens with one attached hydrogen (secondary N) is 1. The number of rotatable bonds is 6. The van der Waals surface area contributed by atoms with Crippen LogP contribution < -0.4 is 14.5 Å². The van der Waals surface area contributed by atoms with Crippen molar-refractivity contribution in [3.8, 4) is 5.75 Å². The summed E-state index contributed by atoms with van der Waals surface area (Å²) in [5, 5.41) is 10.8. The van der Waals surface area contributed by atoms with Crippen LogP contribution in [0, 0.1) is 16.0 Å². The second-order valence-electron chi connectivity index (χ2n) is 9.35. The number of aromatic nitrogens is 1. The van der Waals surface area contributed by atoms with Crippen LogP contribution in [-0.2, 0) is 19.1 Å². The Morgan fingerprint density at radius 3 is 2.52 bits per heavy atom. The first-order valence-corrected chi connectivity index (χ1v) is 14.1. The molecule has 3 aromatic rings. The number of carbonyl (C=O) groups excluding carboxylic acids is 3. The number of ether oxygens (including phenoxy) is 2. The van der Waals surface area contributed by atoms with Crippen LogP contribution in [0.2, 0.25) is 0 Å². The summed E-state index contributed by atoms with van der Waals surface area (Å²) in [6.07, 6.45) is 0. The number of H-pyrrole nitrogens is 1. The van der Waals surface area contributed by atoms with Crippen molar-refractivity contribution in [3.05, 3.63) is 78.8 Å². The topological polar surface area (TPSA) is 152 Å². The standard InChI is InChI=1S/C26H22N4O8S2/c31-18(28-9-11-37-12-10-28)13-38-17-4-2-1-3-16(17)19-20-22(39-23-21(19)40-26(34)27-23)25(33)29(24(20)32)14-5-7-15(8-6-14)30(35)36/h1-8,19-20,22H,9-13H2,(H,27,34)/t19-,20?,22?/m1/s1. The van der Waals surface area contributed by atoms with E-state index in [4.69, 9.17) is 9.47 Å². The van der Waals surface area contributed by atoms with Gasteiger partial charge in [-0.3, -0.25) is 29.3 Å². The molecule has 0 radical (unpaired) electrons. The second-order valence-corrected chi connectivity index (χ2v) is 11.5. The number of nitro benzene ring substituents is 1. The molecule has 3 aliphatic heterocycles. The minimum absolute atomic E-state index is 0.162. The zero-order valence-electron chi connectivity index (χ0n) is 20.8. The van der Waals surface area contributed by atoms with Crippen molar-refractivity contribution in [2.75, 3.05) is 37.8 Å². The average molecular weight is 583 g/mol. The molecule has 40 heavy (non-hydrogen) atoms. The molecule has 3 amide bonds. The van der Waals surface area contributed by atoms with Crippen molar-refractivity contribution in [2.45, 2.75) is 16.2 Å². The third-order valence-electron chi connectivity index (χ3n) is 7.11. The molecule has 2 saturated heterocycles. The first-order chi connectivity index (χ1) is 19.3. The molecule has 12 nitrogen and oxygen atoms in total. The van der Waals surface area contributed by atoms with E-state index in [1.54, 1.807) is 29.2 Å². The lowest BCUT2D eigenvalue weighted by Crippen LogP contribution is -2.43. The summed E-state index contributed by atoms with van der Waals surface area (Å²) in [7, 11) is 0. The van der Waals surface area contributed by atoms with Crippen molar-refractivity contribution < 1.29 is 28.8 Å². The number of amides is 3. The summed E-state index contributed by atoms with van der Waals surface area (Å²) in [5.41, 5.74) is 0.646. The predicted molar refractivity (Wildman–Crippen MR) is 145 cm³/mol. The zero-order chi connectivity index (χ0) is 28.0. The van der Waals surface area contributed by atoms with Crippen LogP contribution in [-0.4, -0.2) is 70.7 Å². The van der Waals surface area contributed by atoms with Gasteiger partial charge in [-0.05, 0) is 18.2 Å². The quantitative estimate of drug-likeness (QED) is 0.262. The van der Waals surface area contributed by atoms with E-state index in [0.29, 0.717) is 47.5 Å².